The van der Waals surface area contributed by atoms with Crippen molar-refractivity contribution in [3.05, 3.63) is 90.5 Å². The van der Waals surface area contributed by atoms with E-state index in [0.29, 0.717) is 34.8 Å². The van der Waals surface area contributed by atoms with Gasteiger partial charge < -0.3 is 9.53 Å². The molecule has 0 radical (unpaired) electrons. The molecular weight excluding hydrogens is 697 g/mol. The summed E-state index contributed by atoms with van der Waals surface area (Å²) < 4.78 is 6.07. The van der Waals surface area contributed by atoms with Gasteiger partial charge in [-0.1, -0.05) is 124 Å². The molecule has 4 saturated carbocycles. The minimum absolute atomic E-state index is 0.00499. The van der Waals surface area contributed by atoms with Crippen LogP contribution < -0.4 is 4.74 Å². The Bertz CT molecular complexity index is 1780. The van der Waals surface area contributed by atoms with E-state index in [2.05, 4.69) is 74.8 Å². The van der Waals surface area contributed by atoms with Crippen LogP contribution in [0.15, 0.2) is 62.7 Å². The highest BCUT2D eigenvalue weighted by atomic mass is 16.5. The predicted octanol–water partition coefficient (Wildman–Crippen LogP) is 14.9. The fourth-order valence-corrected chi connectivity index (χ4v) is 12.8. The Morgan fingerprint density at radius 2 is 1.58 bits per heavy atom. The van der Waals surface area contributed by atoms with Crippen LogP contribution in [0.2, 0.25) is 0 Å². The smallest absolute Gasteiger partial charge is 0.314 e. The molecule has 0 spiro atoms. The number of aldehydes is 1. The van der Waals surface area contributed by atoms with Crippen LogP contribution in [0.5, 0.6) is 5.75 Å². The van der Waals surface area contributed by atoms with Crippen molar-refractivity contribution in [3.8, 4) is 5.75 Å². The lowest BCUT2D eigenvalue weighted by Gasteiger charge is -2.63. The second kappa shape index (κ2) is 19.1. The molecule has 10 atom stereocenters. The third kappa shape index (κ3) is 9.55. The van der Waals surface area contributed by atoms with Gasteiger partial charge in [-0.3, -0.25) is 4.79 Å². The molecule has 2 aromatic rings. The molecular formula is C54H76O3. The molecule has 6 rings (SSSR count). The van der Waals surface area contributed by atoms with Gasteiger partial charge in [0.25, 0.3) is 0 Å². The maximum absolute atomic E-state index is 13.6. The SMILES string of the molecule is C=Cc1ccc(C)c(C(=C)CC=O)c1.C=Cc1ccc(OC(=O)C2CCC3(C)C(C2)C(C)CC2C4CCC(C(C)CCCC(C)C)C4(C)CCC23)cc1C(=C)CC. The van der Waals surface area contributed by atoms with E-state index in [1.165, 1.54) is 57.8 Å². The number of aryl methyl sites for hydroxylation is 1. The minimum Gasteiger partial charge on any atom is -0.426 e. The Morgan fingerprint density at radius 1 is 0.860 bits per heavy atom. The summed E-state index contributed by atoms with van der Waals surface area (Å²) in [6.07, 6.45) is 20.2. The summed E-state index contributed by atoms with van der Waals surface area (Å²) in [5, 5.41) is 0. The first kappa shape index (κ1) is 44.6. The number of carbonyl (C=O) groups excluding carboxylic acids is 2. The summed E-state index contributed by atoms with van der Waals surface area (Å²) in [5.74, 6) is 7.12. The third-order valence-corrected chi connectivity index (χ3v) is 16.0. The number of ether oxygens (including phenoxy) is 1. The van der Waals surface area contributed by atoms with Gasteiger partial charge >= 0.3 is 5.97 Å². The van der Waals surface area contributed by atoms with E-state index in [9.17, 15) is 9.59 Å². The average Bonchev–Trinajstić information content (AvgIpc) is 3.55. The Morgan fingerprint density at radius 3 is 2.25 bits per heavy atom. The normalized spacial score (nSPS) is 30.7. The van der Waals surface area contributed by atoms with Crippen molar-refractivity contribution < 1.29 is 14.3 Å². The van der Waals surface area contributed by atoms with Crippen LogP contribution in [-0.4, -0.2) is 12.3 Å². The van der Waals surface area contributed by atoms with Gasteiger partial charge in [-0.15, -0.1) is 0 Å². The predicted molar refractivity (Wildman–Crippen MR) is 244 cm³/mol. The van der Waals surface area contributed by atoms with Gasteiger partial charge in [0.2, 0.25) is 0 Å². The van der Waals surface area contributed by atoms with E-state index in [1.807, 2.05) is 49.4 Å². The molecule has 310 valence electrons. The summed E-state index contributed by atoms with van der Waals surface area (Å²) in [6.45, 7) is 35.1. The highest BCUT2D eigenvalue weighted by Gasteiger charge is 2.62. The highest BCUT2D eigenvalue weighted by molar-refractivity contribution is 5.79. The Hall–Kier alpha value is -3.46. The van der Waals surface area contributed by atoms with Gasteiger partial charge in [0.05, 0.1) is 5.92 Å². The molecule has 3 nitrogen and oxygen atoms in total. The maximum atomic E-state index is 13.6. The Kier molecular flexibility index (Phi) is 14.9. The fraction of sp³-hybridized carbons (Fsp3) is 0.593. The first-order valence-electron chi connectivity index (χ1n) is 22.6. The second-order valence-corrected chi connectivity index (χ2v) is 19.8. The van der Waals surface area contributed by atoms with Crippen molar-refractivity contribution in [1.82, 2.24) is 0 Å². The lowest BCUT2D eigenvalue weighted by atomic mass is 9.42. The molecule has 3 heteroatoms. The monoisotopic (exact) mass is 773 g/mol. The zero-order valence-electron chi connectivity index (χ0n) is 37.1. The molecule has 0 amide bonds. The molecule has 0 aromatic heterocycles. The summed E-state index contributed by atoms with van der Waals surface area (Å²) in [7, 11) is 0. The largest absolute Gasteiger partial charge is 0.426 e. The average molecular weight is 773 g/mol. The zero-order chi connectivity index (χ0) is 41.7. The number of carbonyl (C=O) groups is 2. The maximum Gasteiger partial charge on any atom is 0.314 e. The van der Waals surface area contributed by atoms with Gasteiger partial charge in [-0.05, 0) is 180 Å². The van der Waals surface area contributed by atoms with Crippen LogP contribution in [0.1, 0.15) is 160 Å². The molecule has 57 heavy (non-hydrogen) atoms. The van der Waals surface area contributed by atoms with Crippen LogP contribution in [0.4, 0.5) is 0 Å². The summed E-state index contributed by atoms with van der Waals surface area (Å²) in [4.78, 5) is 24.0. The van der Waals surface area contributed by atoms with Gasteiger partial charge in [0.15, 0.2) is 0 Å². The van der Waals surface area contributed by atoms with E-state index in [0.717, 1.165) is 100 Å². The van der Waals surface area contributed by atoms with E-state index < -0.39 is 0 Å². The van der Waals surface area contributed by atoms with Crippen molar-refractivity contribution in [2.45, 2.75) is 139 Å². The van der Waals surface area contributed by atoms with Crippen molar-refractivity contribution >= 4 is 35.6 Å². The lowest BCUT2D eigenvalue weighted by Crippen LogP contribution is -2.56. The number of esters is 1. The van der Waals surface area contributed by atoms with Crippen LogP contribution in [0, 0.1) is 71.0 Å². The first-order chi connectivity index (χ1) is 27.1. The van der Waals surface area contributed by atoms with E-state index in [1.54, 1.807) is 6.08 Å². The Labute approximate surface area is 347 Å². The zero-order valence-corrected chi connectivity index (χ0v) is 37.1. The van der Waals surface area contributed by atoms with Gasteiger partial charge in [0, 0.05) is 6.42 Å². The number of allylic oxidation sites excluding steroid dienone is 2. The molecule has 4 aliphatic carbocycles. The highest BCUT2D eigenvalue weighted by Crippen LogP contribution is 2.69. The van der Waals surface area contributed by atoms with E-state index >= 15 is 0 Å². The topological polar surface area (TPSA) is 43.4 Å². The summed E-state index contributed by atoms with van der Waals surface area (Å²) >= 11 is 0. The van der Waals surface area contributed by atoms with Crippen LogP contribution in [0.25, 0.3) is 23.3 Å². The molecule has 4 fully saturated rings. The fourth-order valence-electron chi connectivity index (χ4n) is 12.8. The minimum atomic E-state index is -0.0305. The molecule has 0 aliphatic heterocycles. The quantitative estimate of drug-likeness (QED) is 0.109. The van der Waals surface area contributed by atoms with E-state index in [-0.39, 0.29) is 11.9 Å². The lowest BCUT2D eigenvalue weighted by molar-refractivity contribution is -0.157. The van der Waals surface area contributed by atoms with Gasteiger partial charge in [-0.25, -0.2) is 0 Å². The second-order valence-electron chi connectivity index (χ2n) is 19.8. The summed E-state index contributed by atoms with van der Waals surface area (Å²) in [5.41, 5.74) is 8.13. The molecule has 10 unspecified atom stereocenters. The van der Waals surface area contributed by atoms with Gasteiger partial charge in [0.1, 0.15) is 12.0 Å². The van der Waals surface area contributed by atoms with Crippen LogP contribution >= 0.6 is 0 Å². The molecule has 0 bridgehead atoms. The number of rotatable bonds is 14. The van der Waals surface area contributed by atoms with Gasteiger partial charge in [-0.2, -0.15) is 0 Å². The number of hydrogen-bond donors (Lipinski definition) is 0. The van der Waals surface area contributed by atoms with Crippen molar-refractivity contribution in [2.24, 2.45) is 64.1 Å². The van der Waals surface area contributed by atoms with E-state index in [4.69, 9.17) is 4.74 Å². The van der Waals surface area contributed by atoms with Crippen LogP contribution in [0.3, 0.4) is 0 Å². The standard InChI is InChI=1S/C41H62O2.C13H14O/c1-10-27(5)33-25-32(16-15-30(33)11-2)43-39(42)31-19-21-41(9)37-20-22-40(8)35(28(6)14-12-13-26(3)4)17-18-36(40)34(37)23-29(7)38(41)24-31;1-4-12-6-5-10(2)13(9-12)11(3)7-8-14/h11,15-16,25-26,28-29,31,34-38H,2,5,10,12-14,17-24H2,1,3-4,6-9H3;4-6,8-9H,1,3,7H2,2H3. The number of hydrogen-bond acceptors (Lipinski definition) is 3. The summed E-state index contributed by atoms with van der Waals surface area (Å²) in [6, 6.07) is 11.9. The molecule has 0 N–H and O–H groups in total. The van der Waals surface area contributed by atoms with Crippen molar-refractivity contribution in [3.63, 3.8) is 0 Å². The number of fused-ring (bicyclic) bond motifs is 5. The molecule has 0 heterocycles. The van der Waals surface area contributed by atoms with Crippen molar-refractivity contribution in [1.29, 1.82) is 0 Å². The third-order valence-electron chi connectivity index (χ3n) is 16.0. The molecule has 4 aliphatic rings. The molecule has 2 aromatic carbocycles. The number of benzene rings is 2. The molecule has 0 saturated heterocycles. The Balaban J connectivity index is 0.000000374. The first-order valence-corrected chi connectivity index (χ1v) is 22.6. The van der Waals surface area contributed by atoms with Crippen molar-refractivity contribution in [2.75, 3.05) is 0 Å². The van der Waals surface area contributed by atoms with Crippen LogP contribution in [-0.2, 0) is 9.59 Å².